The Bertz CT molecular complexity index is 780. The molecule has 1 N–H and O–H groups in total. The van der Waals surface area contributed by atoms with Crippen molar-refractivity contribution in [3.63, 3.8) is 0 Å². The van der Waals surface area contributed by atoms with Gasteiger partial charge < -0.3 is 4.98 Å². The van der Waals surface area contributed by atoms with Gasteiger partial charge in [-0.3, -0.25) is 0 Å². The maximum absolute atomic E-state index is 13.8. The number of fused-ring (bicyclic) bond motifs is 1. The fraction of sp³-hybridized carbons (Fsp3) is 0. The first-order valence-electron chi connectivity index (χ1n) is 5.48. The molecule has 96 valence electrons. The number of nitrogens with one attached hydrogen (secondary N) is 1. The number of aromatic amines is 1. The van der Waals surface area contributed by atoms with Gasteiger partial charge in [0, 0.05) is 16.1 Å². The van der Waals surface area contributed by atoms with Crippen molar-refractivity contribution in [2.75, 3.05) is 0 Å². The summed E-state index contributed by atoms with van der Waals surface area (Å²) < 4.78 is 13.8. The Labute approximate surface area is 123 Å². The first kappa shape index (κ1) is 12.8. The van der Waals surface area contributed by atoms with E-state index in [4.69, 9.17) is 34.8 Å². The summed E-state index contributed by atoms with van der Waals surface area (Å²) in [5.41, 5.74) is 2.02. The van der Waals surface area contributed by atoms with Gasteiger partial charge in [0.05, 0.1) is 15.6 Å². The predicted molar refractivity (Wildman–Crippen MR) is 78.7 cm³/mol. The monoisotopic (exact) mass is 313 g/mol. The van der Waals surface area contributed by atoms with E-state index >= 15 is 0 Å². The summed E-state index contributed by atoms with van der Waals surface area (Å²) in [5.74, 6) is -0.381. The number of aromatic nitrogens is 1. The minimum absolute atomic E-state index is 0.365. The molecule has 2 aromatic carbocycles. The maximum Gasteiger partial charge on any atom is 0.148 e. The second-order valence-corrected chi connectivity index (χ2v) is 5.41. The highest BCUT2D eigenvalue weighted by Crippen LogP contribution is 2.31. The Balaban J connectivity index is 2.20. The van der Waals surface area contributed by atoms with Crippen LogP contribution in [0.2, 0.25) is 15.1 Å². The molecule has 3 aromatic rings. The second-order valence-electron chi connectivity index (χ2n) is 4.16. The molecule has 0 amide bonds. The summed E-state index contributed by atoms with van der Waals surface area (Å²) in [6, 6.07) is 10.1. The zero-order chi connectivity index (χ0) is 13.6. The van der Waals surface area contributed by atoms with Gasteiger partial charge in [-0.25, -0.2) is 4.39 Å². The quantitative estimate of drug-likeness (QED) is 0.572. The van der Waals surface area contributed by atoms with E-state index in [9.17, 15) is 4.39 Å². The minimum Gasteiger partial charge on any atom is -0.352 e. The summed E-state index contributed by atoms with van der Waals surface area (Å²) in [7, 11) is 0. The Hall–Kier alpha value is -1.22. The smallest absolute Gasteiger partial charge is 0.148 e. The van der Waals surface area contributed by atoms with Crippen LogP contribution < -0.4 is 0 Å². The van der Waals surface area contributed by atoms with E-state index in [1.54, 1.807) is 18.2 Å². The van der Waals surface area contributed by atoms with Gasteiger partial charge in [0.15, 0.2) is 0 Å². The molecule has 5 heteroatoms. The molecule has 0 saturated heterocycles. The van der Waals surface area contributed by atoms with Gasteiger partial charge >= 0.3 is 0 Å². The van der Waals surface area contributed by atoms with E-state index in [0.29, 0.717) is 26.0 Å². The van der Waals surface area contributed by atoms with Gasteiger partial charge in [0.25, 0.3) is 0 Å². The van der Waals surface area contributed by atoms with Crippen LogP contribution in [0.5, 0.6) is 0 Å². The zero-order valence-electron chi connectivity index (χ0n) is 9.48. The SMILES string of the molecule is Fc1cc(Cl)cc2cc(-c3ccc(Cl)c(Cl)c3)[nH]c12. The maximum atomic E-state index is 13.8. The lowest BCUT2D eigenvalue weighted by Gasteiger charge is -2.00. The number of benzene rings is 2. The van der Waals surface area contributed by atoms with Crippen LogP contribution in [0.3, 0.4) is 0 Å². The first-order chi connectivity index (χ1) is 9.04. The number of rotatable bonds is 1. The standard InChI is InChI=1S/C14H7Cl3FN/c15-9-3-8-5-13(19-14(8)12(18)6-9)7-1-2-10(16)11(17)4-7/h1-6,19H. The summed E-state index contributed by atoms with van der Waals surface area (Å²) >= 11 is 17.7. The van der Waals surface area contributed by atoms with Crippen LogP contribution in [0.25, 0.3) is 22.2 Å². The normalized spacial score (nSPS) is 11.2. The van der Waals surface area contributed by atoms with E-state index in [0.717, 1.165) is 11.3 Å². The lowest BCUT2D eigenvalue weighted by Crippen LogP contribution is -1.80. The lowest BCUT2D eigenvalue weighted by molar-refractivity contribution is 0.637. The molecule has 0 fully saturated rings. The molecule has 0 aliphatic rings. The topological polar surface area (TPSA) is 15.8 Å². The van der Waals surface area contributed by atoms with Crippen LogP contribution in [-0.2, 0) is 0 Å². The van der Waals surface area contributed by atoms with E-state index in [1.165, 1.54) is 6.07 Å². The van der Waals surface area contributed by atoms with Gasteiger partial charge in [-0.1, -0.05) is 40.9 Å². The van der Waals surface area contributed by atoms with Crippen LogP contribution in [0.1, 0.15) is 0 Å². The third-order valence-electron chi connectivity index (χ3n) is 2.88. The van der Waals surface area contributed by atoms with Crippen molar-refractivity contribution in [1.82, 2.24) is 4.98 Å². The van der Waals surface area contributed by atoms with Gasteiger partial charge in [0.1, 0.15) is 5.82 Å². The van der Waals surface area contributed by atoms with Crippen molar-refractivity contribution in [1.29, 1.82) is 0 Å². The summed E-state index contributed by atoms with van der Waals surface area (Å²) in [4.78, 5) is 3.02. The van der Waals surface area contributed by atoms with Crippen molar-refractivity contribution < 1.29 is 4.39 Å². The molecule has 0 saturated carbocycles. The third-order valence-corrected chi connectivity index (χ3v) is 3.83. The Morgan fingerprint density at radius 3 is 2.42 bits per heavy atom. The van der Waals surface area contributed by atoms with Crippen LogP contribution in [0.15, 0.2) is 36.4 Å². The molecule has 1 nitrogen and oxygen atoms in total. The molecule has 0 radical (unpaired) electrons. The van der Waals surface area contributed by atoms with E-state index in [2.05, 4.69) is 4.98 Å². The first-order valence-corrected chi connectivity index (χ1v) is 6.61. The van der Waals surface area contributed by atoms with Crippen molar-refractivity contribution in [2.24, 2.45) is 0 Å². The highest BCUT2D eigenvalue weighted by Gasteiger charge is 2.09. The van der Waals surface area contributed by atoms with Crippen LogP contribution in [0, 0.1) is 5.82 Å². The molecule has 0 aliphatic carbocycles. The largest absolute Gasteiger partial charge is 0.352 e. The summed E-state index contributed by atoms with van der Waals surface area (Å²) in [6.07, 6.45) is 0. The highest BCUT2D eigenvalue weighted by molar-refractivity contribution is 6.42. The average molecular weight is 315 g/mol. The van der Waals surface area contributed by atoms with Gasteiger partial charge in [0.2, 0.25) is 0 Å². The second kappa shape index (κ2) is 4.71. The van der Waals surface area contributed by atoms with Crippen LogP contribution >= 0.6 is 34.8 Å². The molecule has 3 rings (SSSR count). The molecule has 0 atom stereocenters. The molecule has 0 spiro atoms. The molecule has 0 aliphatic heterocycles. The molecular weight excluding hydrogens is 308 g/mol. The molecule has 19 heavy (non-hydrogen) atoms. The van der Waals surface area contributed by atoms with Crippen LogP contribution in [0.4, 0.5) is 4.39 Å². The third kappa shape index (κ3) is 2.32. The lowest BCUT2D eigenvalue weighted by atomic mass is 10.1. The minimum atomic E-state index is -0.381. The number of hydrogen-bond acceptors (Lipinski definition) is 0. The molecule has 0 bridgehead atoms. The van der Waals surface area contributed by atoms with Crippen molar-refractivity contribution in [3.05, 3.63) is 57.3 Å². The van der Waals surface area contributed by atoms with Crippen LogP contribution in [-0.4, -0.2) is 4.98 Å². The molecule has 0 unspecified atom stereocenters. The predicted octanol–water partition coefficient (Wildman–Crippen LogP) is 5.93. The Morgan fingerprint density at radius 1 is 0.895 bits per heavy atom. The molecule has 1 aromatic heterocycles. The average Bonchev–Trinajstić information content (AvgIpc) is 2.76. The zero-order valence-corrected chi connectivity index (χ0v) is 11.7. The fourth-order valence-corrected chi connectivity index (χ4v) is 2.50. The van der Waals surface area contributed by atoms with Gasteiger partial charge in [-0.05, 0) is 35.9 Å². The van der Waals surface area contributed by atoms with E-state index < -0.39 is 0 Å². The van der Waals surface area contributed by atoms with Gasteiger partial charge in [-0.2, -0.15) is 0 Å². The summed E-state index contributed by atoms with van der Waals surface area (Å²) in [6.45, 7) is 0. The van der Waals surface area contributed by atoms with Crippen molar-refractivity contribution in [2.45, 2.75) is 0 Å². The number of hydrogen-bond donors (Lipinski definition) is 1. The molecule has 1 heterocycles. The van der Waals surface area contributed by atoms with E-state index in [1.807, 2.05) is 12.1 Å². The molecular formula is C14H7Cl3FN. The van der Waals surface area contributed by atoms with E-state index in [-0.39, 0.29) is 5.82 Å². The number of H-pyrrole nitrogens is 1. The highest BCUT2D eigenvalue weighted by atomic mass is 35.5. The van der Waals surface area contributed by atoms with Crippen molar-refractivity contribution >= 4 is 45.7 Å². The van der Waals surface area contributed by atoms with Gasteiger partial charge in [-0.15, -0.1) is 0 Å². The fourth-order valence-electron chi connectivity index (χ4n) is 1.98. The Morgan fingerprint density at radius 2 is 1.68 bits per heavy atom. The Kier molecular flexibility index (Phi) is 3.17. The summed E-state index contributed by atoms with van der Waals surface area (Å²) in [5, 5.41) is 2.02. The van der Waals surface area contributed by atoms with Crippen molar-refractivity contribution in [3.8, 4) is 11.3 Å². The number of halogens is 4.